The van der Waals surface area contributed by atoms with Gasteiger partial charge in [-0.05, 0) is 6.07 Å². The number of aromatic hydroxyl groups is 1. The maximum atomic E-state index is 13.6. The number of primary amides is 1. The monoisotopic (exact) mass is 306 g/mol. The van der Waals surface area contributed by atoms with E-state index >= 15 is 0 Å². The molecule has 0 heterocycles. The van der Waals surface area contributed by atoms with Crippen molar-refractivity contribution in [3.8, 4) is 5.75 Å². The van der Waals surface area contributed by atoms with Gasteiger partial charge in [0.15, 0.2) is 17.4 Å². The van der Waals surface area contributed by atoms with Crippen molar-refractivity contribution in [2.75, 3.05) is 13.1 Å². The Hall–Kier alpha value is -2.78. The Bertz CT molecular complexity index is 604. The van der Waals surface area contributed by atoms with Crippen LogP contribution in [0.25, 0.3) is 0 Å². The molecule has 1 aromatic rings. The van der Waals surface area contributed by atoms with Crippen molar-refractivity contribution in [3.05, 3.63) is 29.1 Å². The molecule has 0 atom stereocenters. The normalized spacial score (nSPS) is 10.2. The summed E-state index contributed by atoms with van der Waals surface area (Å²) in [6.07, 6.45) is 0. The zero-order valence-electron chi connectivity index (χ0n) is 10.3. The minimum absolute atomic E-state index is 0.141. The Balaban J connectivity index is 3.26. The predicted octanol–water partition coefficient (Wildman–Crippen LogP) is -0.178. The Morgan fingerprint density at radius 1 is 1.14 bits per heavy atom. The summed E-state index contributed by atoms with van der Waals surface area (Å²) in [4.78, 5) is 33.5. The van der Waals surface area contributed by atoms with E-state index in [1.807, 2.05) is 0 Å². The van der Waals surface area contributed by atoms with E-state index in [0.29, 0.717) is 4.90 Å². The number of phenols is 1. The second-order valence-corrected chi connectivity index (χ2v) is 3.90. The molecule has 1 aromatic carbocycles. The van der Waals surface area contributed by atoms with Gasteiger partial charge in [-0.15, -0.1) is 0 Å². The molecule has 0 fully saturated rings. The maximum Gasteiger partial charge on any atom is 0.323 e. The van der Waals surface area contributed by atoms with Crippen molar-refractivity contribution in [2.24, 2.45) is 5.73 Å². The number of halogens is 3. The molecule has 4 N–H and O–H groups in total. The van der Waals surface area contributed by atoms with Gasteiger partial charge in [-0.2, -0.15) is 4.39 Å². The van der Waals surface area contributed by atoms with Crippen LogP contribution < -0.4 is 5.73 Å². The Labute approximate surface area is 115 Å². The van der Waals surface area contributed by atoms with E-state index in [9.17, 15) is 27.6 Å². The van der Waals surface area contributed by atoms with Crippen molar-refractivity contribution in [3.63, 3.8) is 0 Å². The fourth-order valence-electron chi connectivity index (χ4n) is 1.47. The molecular formula is C11H9F3N2O5. The van der Waals surface area contributed by atoms with Gasteiger partial charge in [0, 0.05) is 0 Å². The number of amides is 2. The van der Waals surface area contributed by atoms with Crippen molar-refractivity contribution < 1.29 is 37.8 Å². The number of carbonyl (C=O) groups excluding carboxylic acids is 2. The molecule has 0 radical (unpaired) electrons. The van der Waals surface area contributed by atoms with Crippen LogP contribution in [0.1, 0.15) is 10.4 Å². The first kappa shape index (κ1) is 16.3. The van der Waals surface area contributed by atoms with E-state index in [-0.39, 0.29) is 6.07 Å². The first-order chi connectivity index (χ1) is 9.65. The summed E-state index contributed by atoms with van der Waals surface area (Å²) in [5.74, 6) is -11.2. The first-order valence-electron chi connectivity index (χ1n) is 5.31. The molecule has 0 unspecified atom stereocenters. The molecule has 7 nitrogen and oxygen atoms in total. The van der Waals surface area contributed by atoms with Crippen LogP contribution in [0.5, 0.6) is 5.75 Å². The molecule has 0 aliphatic carbocycles. The zero-order chi connectivity index (χ0) is 16.3. The molecule has 10 heteroatoms. The lowest BCUT2D eigenvalue weighted by Crippen LogP contribution is -2.41. The molecule has 0 bridgehead atoms. The maximum absolute atomic E-state index is 13.6. The van der Waals surface area contributed by atoms with Crippen LogP contribution in [-0.2, 0) is 9.59 Å². The number of carboxylic acid groups (broad SMARTS) is 1. The van der Waals surface area contributed by atoms with Crippen molar-refractivity contribution in [1.29, 1.82) is 0 Å². The highest BCUT2D eigenvalue weighted by atomic mass is 19.2. The number of nitrogens with two attached hydrogens (primary N) is 1. The van der Waals surface area contributed by atoms with Crippen molar-refractivity contribution in [2.45, 2.75) is 0 Å². The van der Waals surface area contributed by atoms with E-state index in [1.54, 1.807) is 0 Å². The van der Waals surface area contributed by atoms with Crippen LogP contribution in [-0.4, -0.2) is 46.0 Å². The second-order valence-electron chi connectivity index (χ2n) is 3.90. The van der Waals surface area contributed by atoms with Gasteiger partial charge in [-0.3, -0.25) is 14.4 Å². The van der Waals surface area contributed by atoms with E-state index in [4.69, 9.17) is 15.9 Å². The van der Waals surface area contributed by atoms with Crippen LogP contribution in [0.2, 0.25) is 0 Å². The van der Waals surface area contributed by atoms with Gasteiger partial charge in [0.2, 0.25) is 11.7 Å². The fraction of sp³-hybridized carbons (Fsp3) is 0.182. The van der Waals surface area contributed by atoms with Crippen LogP contribution in [0.4, 0.5) is 13.2 Å². The van der Waals surface area contributed by atoms with Crippen molar-refractivity contribution in [1.82, 2.24) is 4.90 Å². The van der Waals surface area contributed by atoms with Crippen molar-refractivity contribution >= 4 is 17.8 Å². The van der Waals surface area contributed by atoms with Crippen LogP contribution in [0, 0.1) is 17.5 Å². The molecular weight excluding hydrogens is 297 g/mol. The third-order valence-corrected chi connectivity index (χ3v) is 2.32. The summed E-state index contributed by atoms with van der Waals surface area (Å²) in [7, 11) is 0. The first-order valence-corrected chi connectivity index (χ1v) is 5.31. The quantitative estimate of drug-likeness (QED) is 0.652. The van der Waals surface area contributed by atoms with Gasteiger partial charge in [0.25, 0.3) is 5.91 Å². The van der Waals surface area contributed by atoms with Crippen LogP contribution in [0.15, 0.2) is 6.07 Å². The van der Waals surface area contributed by atoms with Gasteiger partial charge in [0.05, 0.1) is 5.56 Å². The lowest BCUT2D eigenvalue weighted by Gasteiger charge is -2.19. The standard InChI is InChI=1S/C11H9F3N2O5/c12-5-1-4(8(13)10(20)9(5)14)11(21)16(2-6(15)17)3-7(18)19/h1,20H,2-3H2,(H2,15,17)(H,18,19). The molecule has 0 spiro atoms. The van der Waals surface area contributed by atoms with Gasteiger partial charge in [0.1, 0.15) is 13.1 Å². The number of hydrogen-bond acceptors (Lipinski definition) is 4. The third-order valence-electron chi connectivity index (χ3n) is 2.32. The fourth-order valence-corrected chi connectivity index (χ4v) is 1.47. The van der Waals surface area contributed by atoms with E-state index in [1.165, 1.54) is 0 Å². The molecule has 0 aliphatic rings. The average molecular weight is 306 g/mol. The van der Waals surface area contributed by atoms with Crippen LogP contribution >= 0.6 is 0 Å². The Morgan fingerprint density at radius 2 is 1.71 bits per heavy atom. The molecule has 0 saturated heterocycles. The van der Waals surface area contributed by atoms with Gasteiger partial charge in [-0.1, -0.05) is 0 Å². The average Bonchev–Trinajstić information content (AvgIpc) is 2.38. The Kier molecular flexibility index (Phi) is 4.74. The van der Waals surface area contributed by atoms with Gasteiger partial charge < -0.3 is 20.8 Å². The molecule has 0 aromatic heterocycles. The number of phenolic OH excluding ortho intramolecular Hbond substituents is 1. The molecule has 2 amide bonds. The second kappa shape index (κ2) is 6.11. The number of rotatable bonds is 5. The number of aliphatic carboxylic acids is 1. The van der Waals surface area contributed by atoms with E-state index in [0.717, 1.165) is 0 Å². The van der Waals surface area contributed by atoms with Gasteiger partial charge >= 0.3 is 5.97 Å². The minimum Gasteiger partial charge on any atom is -0.503 e. The number of carbonyl (C=O) groups is 3. The summed E-state index contributed by atoms with van der Waals surface area (Å²) in [5.41, 5.74) is 3.67. The van der Waals surface area contributed by atoms with Crippen LogP contribution in [0.3, 0.4) is 0 Å². The van der Waals surface area contributed by atoms with E-state index < -0.39 is 59.6 Å². The lowest BCUT2D eigenvalue weighted by atomic mass is 10.1. The molecule has 0 aliphatic heterocycles. The number of benzene rings is 1. The number of carboxylic acids is 1. The summed E-state index contributed by atoms with van der Waals surface area (Å²) in [6, 6.07) is 0.141. The SMILES string of the molecule is NC(=O)CN(CC(=O)O)C(=O)c1cc(F)c(F)c(O)c1F. The highest BCUT2D eigenvalue weighted by Crippen LogP contribution is 2.26. The largest absolute Gasteiger partial charge is 0.503 e. The predicted molar refractivity (Wildman–Crippen MR) is 60.7 cm³/mol. The highest BCUT2D eigenvalue weighted by Gasteiger charge is 2.27. The zero-order valence-corrected chi connectivity index (χ0v) is 10.3. The minimum atomic E-state index is -1.90. The Morgan fingerprint density at radius 3 is 2.19 bits per heavy atom. The molecule has 1 rings (SSSR count). The van der Waals surface area contributed by atoms with Gasteiger partial charge in [-0.25, -0.2) is 8.78 Å². The lowest BCUT2D eigenvalue weighted by molar-refractivity contribution is -0.138. The van der Waals surface area contributed by atoms with E-state index in [2.05, 4.69) is 0 Å². The highest BCUT2D eigenvalue weighted by molar-refractivity contribution is 5.98. The molecule has 114 valence electrons. The molecule has 21 heavy (non-hydrogen) atoms. The number of hydrogen-bond donors (Lipinski definition) is 3. The number of nitrogens with zero attached hydrogens (tertiary/aromatic N) is 1. The third kappa shape index (κ3) is 3.61. The summed E-state index contributed by atoms with van der Waals surface area (Å²) in [5, 5.41) is 17.6. The summed E-state index contributed by atoms with van der Waals surface area (Å²) in [6.45, 7) is -1.91. The summed E-state index contributed by atoms with van der Waals surface area (Å²) >= 11 is 0. The molecule has 0 saturated carbocycles. The summed E-state index contributed by atoms with van der Waals surface area (Å²) < 4.78 is 39.5. The smallest absolute Gasteiger partial charge is 0.323 e. The topological polar surface area (TPSA) is 121 Å².